The molecule has 15 heavy (non-hydrogen) atoms. The summed E-state index contributed by atoms with van der Waals surface area (Å²) in [5.74, 6) is 1.94. The van der Waals surface area contributed by atoms with Crippen LogP contribution in [0.4, 0.5) is 5.82 Å². The lowest BCUT2D eigenvalue weighted by Gasteiger charge is -2.08. The number of nitrogens with zero attached hydrogens (tertiary/aromatic N) is 2. The molecule has 4 nitrogen and oxygen atoms in total. The van der Waals surface area contributed by atoms with Gasteiger partial charge in [-0.15, -0.1) is 0 Å². The lowest BCUT2D eigenvalue weighted by molar-refractivity contribution is 0.345. The van der Waals surface area contributed by atoms with Crippen molar-refractivity contribution in [3.63, 3.8) is 0 Å². The second-order valence-electron chi connectivity index (χ2n) is 3.52. The Balaban J connectivity index is 2.79. The molecule has 0 saturated heterocycles. The summed E-state index contributed by atoms with van der Waals surface area (Å²) in [7, 11) is 0. The van der Waals surface area contributed by atoms with E-state index in [-0.39, 0.29) is 5.92 Å². The first-order valence-corrected chi connectivity index (χ1v) is 5.02. The maximum absolute atomic E-state index is 5.65. The SMILES string of the molecule is C/C=C/COc1cc(N)nc(C(C)C)n1. The molecule has 0 radical (unpaired) electrons. The molecule has 0 fully saturated rings. The van der Waals surface area contributed by atoms with E-state index in [9.17, 15) is 0 Å². The second-order valence-corrected chi connectivity index (χ2v) is 3.52. The molecule has 1 heterocycles. The van der Waals surface area contributed by atoms with Crippen LogP contribution in [0.1, 0.15) is 32.5 Å². The smallest absolute Gasteiger partial charge is 0.219 e. The average molecular weight is 207 g/mol. The van der Waals surface area contributed by atoms with Crippen molar-refractivity contribution in [2.75, 3.05) is 12.3 Å². The largest absolute Gasteiger partial charge is 0.473 e. The average Bonchev–Trinajstić information content (AvgIpc) is 2.17. The van der Waals surface area contributed by atoms with Gasteiger partial charge in [0.1, 0.15) is 18.2 Å². The quantitative estimate of drug-likeness (QED) is 0.768. The van der Waals surface area contributed by atoms with Crippen molar-refractivity contribution in [1.29, 1.82) is 0 Å². The summed E-state index contributed by atoms with van der Waals surface area (Å²) >= 11 is 0. The van der Waals surface area contributed by atoms with Gasteiger partial charge in [-0.05, 0) is 6.92 Å². The number of rotatable bonds is 4. The van der Waals surface area contributed by atoms with Crippen molar-refractivity contribution in [2.45, 2.75) is 26.7 Å². The monoisotopic (exact) mass is 207 g/mol. The topological polar surface area (TPSA) is 61.0 Å². The molecule has 0 aromatic carbocycles. The standard InChI is InChI=1S/C11H17N3O/c1-4-5-6-15-10-7-9(12)13-11(14-10)8(2)3/h4-5,7-8H,6H2,1-3H3,(H2,12,13,14)/b5-4+. The molecule has 0 aliphatic carbocycles. The fourth-order valence-corrected chi connectivity index (χ4v) is 1.02. The highest BCUT2D eigenvalue weighted by molar-refractivity contribution is 5.33. The minimum Gasteiger partial charge on any atom is -0.473 e. The van der Waals surface area contributed by atoms with Crippen LogP contribution in [0.5, 0.6) is 5.88 Å². The molecule has 0 amide bonds. The van der Waals surface area contributed by atoms with E-state index in [2.05, 4.69) is 9.97 Å². The van der Waals surface area contributed by atoms with Gasteiger partial charge in [-0.3, -0.25) is 0 Å². The number of hydrogen-bond acceptors (Lipinski definition) is 4. The summed E-state index contributed by atoms with van der Waals surface area (Å²) in [5.41, 5.74) is 5.65. The maximum atomic E-state index is 5.65. The number of ether oxygens (including phenoxy) is 1. The van der Waals surface area contributed by atoms with E-state index in [1.165, 1.54) is 0 Å². The molecule has 1 aromatic rings. The molecular weight excluding hydrogens is 190 g/mol. The second kappa shape index (κ2) is 5.34. The van der Waals surface area contributed by atoms with Crippen molar-refractivity contribution in [3.05, 3.63) is 24.0 Å². The van der Waals surface area contributed by atoms with Crippen LogP contribution in [0.3, 0.4) is 0 Å². The van der Waals surface area contributed by atoms with Crippen LogP contribution in [0, 0.1) is 0 Å². The number of allylic oxidation sites excluding steroid dienone is 1. The third-order valence-electron chi connectivity index (χ3n) is 1.82. The molecule has 4 heteroatoms. The number of anilines is 1. The molecule has 1 rings (SSSR count). The van der Waals surface area contributed by atoms with Gasteiger partial charge in [0.25, 0.3) is 0 Å². The maximum Gasteiger partial charge on any atom is 0.219 e. The van der Waals surface area contributed by atoms with Crippen LogP contribution in [0.15, 0.2) is 18.2 Å². The van der Waals surface area contributed by atoms with E-state index >= 15 is 0 Å². The van der Waals surface area contributed by atoms with E-state index in [1.807, 2.05) is 32.9 Å². The molecule has 2 N–H and O–H groups in total. The van der Waals surface area contributed by atoms with Gasteiger partial charge >= 0.3 is 0 Å². The number of aromatic nitrogens is 2. The van der Waals surface area contributed by atoms with Crippen molar-refractivity contribution in [3.8, 4) is 5.88 Å². The van der Waals surface area contributed by atoms with E-state index in [1.54, 1.807) is 6.07 Å². The summed E-state index contributed by atoms with van der Waals surface area (Å²) in [6.07, 6.45) is 3.83. The van der Waals surface area contributed by atoms with Crippen LogP contribution in [0.2, 0.25) is 0 Å². The molecule has 0 bridgehead atoms. The Kier molecular flexibility index (Phi) is 4.09. The highest BCUT2D eigenvalue weighted by Crippen LogP contribution is 2.16. The number of hydrogen-bond donors (Lipinski definition) is 1. The van der Waals surface area contributed by atoms with Gasteiger partial charge in [0.05, 0.1) is 0 Å². The van der Waals surface area contributed by atoms with Crippen molar-refractivity contribution in [2.24, 2.45) is 0 Å². The molecule has 0 aliphatic heterocycles. The molecule has 0 atom stereocenters. The molecule has 0 spiro atoms. The summed E-state index contributed by atoms with van der Waals surface area (Å²) in [5, 5.41) is 0. The highest BCUT2D eigenvalue weighted by Gasteiger charge is 2.06. The van der Waals surface area contributed by atoms with Gasteiger partial charge in [0.2, 0.25) is 5.88 Å². The Morgan fingerprint density at radius 3 is 2.80 bits per heavy atom. The zero-order valence-corrected chi connectivity index (χ0v) is 9.40. The highest BCUT2D eigenvalue weighted by atomic mass is 16.5. The van der Waals surface area contributed by atoms with Crippen LogP contribution in [0.25, 0.3) is 0 Å². The fourth-order valence-electron chi connectivity index (χ4n) is 1.02. The summed E-state index contributed by atoms with van der Waals surface area (Å²) in [6.45, 7) is 6.48. The van der Waals surface area contributed by atoms with Gasteiger partial charge < -0.3 is 10.5 Å². The van der Waals surface area contributed by atoms with Gasteiger partial charge in [0, 0.05) is 12.0 Å². The van der Waals surface area contributed by atoms with Crippen LogP contribution in [-0.2, 0) is 0 Å². The van der Waals surface area contributed by atoms with E-state index in [0.29, 0.717) is 24.1 Å². The lowest BCUT2D eigenvalue weighted by Crippen LogP contribution is -2.05. The third-order valence-corrected chi connectivity index (χ3v) is 1.82. The van der Waals surface area contributed by atoms with Crippen LogP contribution in [-0.4, -0.2) is 16.6 Å². The Labute approximate surface area is 90.2 Å². The number of nitrogen functional groups attached to an aromatic ring is 1. The first kappa shape index (κ1) is 11.5. The summed E-state index contributed by atoms with van der Waals surface area (Å²) in [4.78, 5) is 8.39. The minimum absolute atomic E-state index is 0.248. The Hall–Kier alpha value is -1.58. The zero-order chi connectivity index (χ0) is 11.3. The molecule has 0 aliphatic rings. The van der Waals surface area contributed by atoms with Crippen molar-refractivity contribution < 1.29 is 4.74 Å². The first-order chi connectivity index (χ1) is 7.13. The van der Waals surface area contributed by atoms with E-state index in [0.717, 1.165) is 0 Å². The van der Waals surface area contributed by atoms with E-state index in [4.69, 9.17) is 10.5 Å². The van der Waals surface area contributed by atoms with Crippen molar-refractivity contribution >= 4 is 5.82 Å². The minimum atomic E-state index is 0.248. The van der Waals surface area contributed by atoms with Gasteiger partial charge in [-0.2, -0.15) is 4.98 Å². The molecule has 0 unspecified atom stereocenters. The molecule has 1 aromatic heterocycles. The van der Waals surface area contributed by atoms with Gasteiger partial charge in [-0.25, -0.2) is 4.98 Å². The predicted octanol–water partition coefficient (Wildman–Crippen LogP) is 2.14. The summed E-state index contributed by atoms with van der Waals surface area (Å²) in [6, 6.07) is 1.63. The normalized spacial score (nSPS) is 11.2. The Bertz CT molecular complexity index is 348. The Morgan fingerprint density at radius 1 is 1.47 bits per heavy atom. The van der Waals surface area contributed by atoms with Crippen LogP contribution < -0.4 is 10.5 Å². The van der Waals surface area contributed by atoms with E-state index < -0.39 is 0 Å². The molecule has 0 saturated carbocycles. The molecule has 82 valence electrons. The van der Waals surface area contributed by atoms with Gasteiger partial charge in [-0.1, -0.05) is 26.0 Å². The fraction of sp³-hybridized carbons (Fsp3) is 0.455. The summed E-state index contributed by atoms with van der Waals surface area (Å²) < 4.78 is 5.40. The van der Waals surface area contributed by atoms with Crippen LogP contribution >= 0.6 is 0 Å². The third kappa shape index (κ3) is 3.58. The zero-order valence-electron chi connectivity index (χ0n) is 9.40. The lowest BCUT2D eigenvalue weighted by atomic mass is 10.2. The van der Waals surface area contributed by atoms with Crippen molar-refractivity contribution in [1.82, 2.24) is 9.97 Å². The molecular formula is C11H17N3O. The van der Waals surface area contributed by atoms with Gasteiger partial charge in [0.15, 0.2) is 0 Å². The number of nitrogens with two attached hydrogens (primary N) is 1. The first-order valence-electron chi connectivity index (χ1n) is 5.02. The predicted molar refractivity (Wildman–Crippen MR) is 60.8 cm³/mol. The Morgan fingerprint density at radius 2 is 2.20 bits per heavy atom.